The first kappa shape index (κ1) is 17.2. The molecule has 2 rings (SSSR count). The van der Waals surface area contributed by atoms with Crippen molar-refractivity contribution < 1.29 is 9.53 Å². The van der Waals surface area contributed by atoms with E-state index in [1.54, 1.807) is 11.8 Å². The van der Waals surface area contributed by atoms with Gasteiger partial charge in [0.1, 0.15) is 6.10 Å². The lowest BCUT2D eigenvalue weighted by molar-refractivity contribution is 0.0559. The molecular weight excluding hydrogens is 320 g/mol. The molecule has 1 aliphatic rings. The third kappa shape index (κ3) is 3.76. The van der Waals surface area contributed by atoms with Crippen LogP contribution in [-0.2, 0) is 11.2 Å². The molecule has 22 heavy (non-hydrogen) atoms. The molecule has 120 valence electrons. The Morgan fingerprint density at radius 2 is 2.14 bits per heavy atom. The summed E-state index contributed by atoms with van der Waals surface area (Å²) in [6, 6.07) is 5.60. The van der Waals surface area contributed by atoms with Crippen molar-refractivity contribution >= 4 is 40.2 Å². The highest BCUT2D eigenvalue weighted by Crippen LogP contribution is 2.41. The lowest BCUT2D eigenvalue weighted by Gasteiger charge is -2.35. The van der Waals surface area contributed by atoms with E-state index in [-0.39, 0.29) is 17.4 Å². The fourth-order valence-electron chi connectivity index (χ4n) is 2.87. The van der Waals surface area contributed by atoms with E-state index in [1.165, 1.54) is 0 Å². The number of rotatable bonds is 1. The smallest absolute Gasteiger partial charge is 0.404 e. The molecule has 2 unspecified atom stereocenters. The Balaban J connectivity index is 2.56. The summed E-state index contributed by atoms with van der Waals surface area (Å²) in [5.74, 6) is -0.0267. The van der Waals surface area contributed by atoms with Crippen molar-refractivity contribution in [3.05, 3.63) is 28.8 Å². The summed E-state index contributed by atoms with van der Waals surface area (Å²) < 4.78 is 5.44. The Bertz CT molecular complexity index is 611. The number of hydrogen-bond acceptors (Lipinski definition) is 4. The molecular formula is C16H21ClN2O2S. The summed E-state index contributed by atoms with van der Waals surface area (Å²) in [6.07, 6.45) is 1.42. The molecule has 2 N–H and O–H groups in total. The fraction of sp³-hybridized carbons (Fsp3) is 0.500. The zero-order chi connectivity index (χ0) is 16.5. The van der Waals surface area contributed by atoms with Crippen LogP contribution in [0.4, 0.5) is 10.5 Å². The predicted molar refractivity (Wildman–Crippen MR) is 93.2 cm³/mol. The minimum Gasteiger partial charge on any atom is -0.445 e. The molecule has 1 aromatic carbocycles. The van der Waals surface area contributed by atoms with Gasteiger partial charge in [0.15, 0.2) is 0 Å². The van der Waals surface area contributed by atoms with Gasteiger partial charge in [0.2, 0.25) is 0 Å². The maximum Gasteiger partial charge on any atom is 0.404 e. The molecule has 0 saturated heterocycles. The molecule has 0 spiro atoms. The number of halogens is 1. The van der Waals surface area contributed by atoms with E-state index in [2.05, 4.69) is 20.8 Å². The Hall–Kier alpha value is -1.20. The molecule has 1 aromatic rings. The van der Waals surface area contributed by atoms with E-state index in [0.29, 0.717) is 11.4 Å². The molecule has 0 aromatic heterocycles. The quantitative estimate of drug-likeness (QED) is 0.823. The topological polar surface area (TPSA) is 64.7 Å². The van der Waals surface area contributed by atoms with Gasteiger partial charge in [0.25, 0.3) is 0 Å². The number of primary amides is 1. The van der Waals surface area contributed by atoms with Crippen molar-refractivity contribution in [3.63, 3.8) is 0 Å². The second-order valence-corrected chi connectivity index (χ2v) is 7.71. The predicted octanol–water partition coefficient (Wildman–Crippen LogP) is 4.42. The van der Waals surface area contributed by atoms with Gasteiger partial charge in [-0.15, -0.1) is 11.8 Å². The minimum absolute atomic E-state index is 0.0267. The van der Waals surface area contributed by atoms with Gasteiger partial charge in [0, 0.05) is 17.4 Å². The van der Waals surface area contributed by atoms with Crippen LogP contribution < -0.4 is 5.73 Å². The lowest BCUT2D eigenvalue weighted by Crippen LogP contribution is -2.41. The van der Waals surface area contributed by atoms with E-state index in [4.69, 9.17) is 27.1 Å². The van der Waals surface area contributed by atoms with Crippen molar-refractivity contribution in [2.45, 2.75) is 33.3 Å². The number of carbonyl (C=O) groups excluding carboxylic acids is 1. The standard InChI is InChI=1S/C16H21ClN2O2S/c1-16(2,3)13-12(21-15(18)20)8-9-7-10(17)5-6-11(9)19-14(13)22-4/h5-7,12-13H,8H2,1-4H3,(H2,18,20). The Morgan fingerprint density at radius 3 is 2.68 bits per heavy atom. The van der Waals surface area contributed by atoms with Crippen LogP contribution in [0.2, 0.25) is 5.02 Å². The maximum atomic E-state index is 11.4. The second kappa shape index (κ2) is 6.50. The van der Waals surface area contributed by atoms with Gasteiger partial charge in [-0.1, -0.05) is 32.4 Å². The Labute approximate surface area is 140 Å². The van der Waals surface area contributed by atoms with Crippen LogP contribution in [0, 0.1) is 11.3 Å². The highest BCUT2D eigenvalue weighted by atomic mass is 35.5. The van der Waals surface area contributed by atoms with E-state index in [1.807, 2.05) is 24.5 Å². The van der Waals surface area contributed by atoms with Crippen LogP contribution in [0.1, 0.15) is 26.3 Å². The first-order valence-electron chi connectivity index (χ1n) is 7.09. The summed E-state index contributed by atoms with van der Waals surface area (Å²) in [5.41, 5.74) is 7.01. The fourth-order valence-corrected chi connectivity index (χ4v) is 4.01. The summed E-state index contributed by atoms with van der Waals surface area (Å²) in [7, 11) is 0. The van der Waals surface area contributed by atoms with Crippen LogP contribution in [-0.4, -0.2) is 23.5 Å². The average molecular weight is 341 g/mol. The Kier molecular flexibility index (Phi) is 5.07. The molecule has 0 fully saturated rings. The number of aliphatic imine (C=N–C) groups is 1. The first-order chi connectivity index (χ1) is 10.2. The number of hydrogen-bond donors (Lipinski definition) is 1. The number of thioether (sulfide) groups is 1. The number of benzene rings is 1. The van der Waals surface area contributed by atoms with Gasteiger partial charge in [-0.25, -0.2) is 9.79 Å². The average Bonchev–Trinajstić information content (AvgIpc) is 2.52. The van der Waals surface area contributed by atoms with Crippen molar-refractivity contribution in [3.8, 4) is 0 Å². The van der Waals surface area contributed by atoms with Gasteiger partial charge in [-0.2, -0.15) is 0 Å². The van der Waals surface area contributed by atoms with Crippen molar-refractivity contribution in [2.75, 3.05) is 6.26 Å². The SMILES string of the molecule is CSC1=Nc2ccc(Cl)cc2CC(OC(N)=O)C1C(C)(C)C. The highest BCUT2D eigenvalue weighted by molar-refractivity contribution is 8.13. The van der Waals surface area contributed by atoms with Gasteiger partial charge < -0.3 is 10.5 Å². The van der Waals surface area contributed by atoms with Crippen molar-refractivity contribution in [1.29, 1.82) is 0 Å². The van der Waals surface area contributed by atoms with Crippen LogP contribution >= 0.6 is 23.4 Å². The molecule has 6 heteroatoms. The number of amides is 1. The third-order valence-electron chi connectivity index (χ3n) is 3.74. The van der Waals surface area contributed by atoms with E-state index in [9.17, 15) is 4.79 Å². The summed E-state index contributed by atoms with van der Waals surface area (Å²) >= 11 is 7.67. The number of nitrogens with zero attached hydrogens (tertiary/aromatic N) is 1. The van der Waals surface area contributed by atoms with Crippen LogP contribution in [0.25, 0.3) is 0 Å². The van der Waals surface area contributed by atoms with E-state index in [0.717, 1.165) is 16.3 Å². The molecule has 0 bridgehead atoms. The van der Waals surface area contributed by atoms with Crippen molar-refractivity contribution in [2.24, 2.45) is 22.1 Å². The molecule has 0 aliphatic carbocycles. The zero-order valence-electron chi connectivity index (χ0n) is 13.2. The number of fused-ring (bicyclic) bond motifs is 1. The molecule has 1 heterocycles. The summed E-state index contributed by atoms with van der Waals surface area (Å²) in [4.78, 5) is 16.1. The van der Waals surface area contributed by atoms with E-state index >= 15 is 0 Å². The van der Waals surface area contributed by atoms with Crippen LogP contribution in [0.5, 0.6) is 0 Å². The number of ether oxygens (including phenoxy) is 1. The van der Waals surface area contributed by atoms with Crippen LogP contribution in [0.15, 0.2) is 23.2 Å². The molecule has 0 saturated carbocycles. The second-order valence-electron chi connectivity index (χ2n) is 6.45. The number of carbonyl (C=O) groups is 1. The molecule has 4 nitrogen and oxygen atoms in total. The molecule has 1 aliphatic heterocycles. The van der Waals surface area contributed by atoms with Gasteiger partial charge in [0.05, 0.1) is 10.7 Å². The monoisotopic (exact) mass is 340 g/mol. The van der Waals surface area contributed by atoms with Crippen molar-refractivity contribution in [1.82, 2.24) is 0 Å². The van der Waals surface area contributed by atoms with Gasteiger partial charge in [-0.05, 0) is 35.4 Å². The van der Waals surface area contributed by atoms with Gasteiger partial charge in [-0.3, -0.25) is 0 Å². The van der Waals surface area contributed by atoms with Crippen LogP contribution in [0.3, 0.4) is 0 Å². The number of nitrogens with two attached hydrogens (primary N) is 1. The van der Waals surface area contributed by atoms with Gasteiger partial charge >= 0.3 is 6.09 Å². The summed E-state index contributed by atoms with van der Waals surface area (Å²) in [6.45, 7) is 6.34. The zero-order valence-corrected chi connectivity index (χ0v) is 14.8. The molecule has 2 atom stereocenters. The maximum absolute atomic E-state index is 11.4. The highest BCUT2D eigenvalue weighted by Gasteiger charge is 2.40. The lowest BCUT2D eigenvalue weighted by atomic mass is 9.76. The Morgan fingerprint density at radius 1 is 1.45 bits per heavy atom. The molecule has 0 radical (unpaired) electrons. The normalized spacial score (nSPS) is 21.6. The van der Waals surface area contributed by atoms with E-state index < -0.39 is 6.09 Å². The minimum atomic E-state index is -0.759. The largest absolute Gasteiger partial charge is 0.445 e. The third-order valence-corrected chi connectivity index (χ3v) is 4.74. The summed E-state index contributed by atoms with van der Waals surface area (Å²) in [5, 5.41) is 1.59. The first-order valence-corrected chi connectivity index (χ1v) is 8.69. The molecule has 1 amide bonds.